The summed E-state index contributed by atoms with van der Waals surface area (Å²) < 4.78 is 10.4. The van der Waals surface area contributed by atoms with E-state index in [4.69, 9.17) is 9.47 Å². The number of esters is 1. The Morgan fingerprint density at radius 2 is 1.97 bits per heavy atom. The SMILES string of the molecule is Cc1ccc(NC(=O)[C@@H](C)OC(=O)CN2C(=O)COc3ccc([N+](=O)[O-])cc32)cc1. The zero-order valence-electron chi connectivity index (χ0n) is 16.3. The van der Waals surface area contributed by atoms with Crippen molar-refractivity contribution in [2.24, 2.45) is 0 Å². The number of ether oxygens (including phenoxy) is 2. The quantitative estimate of drug-likeness (QED) is 0.437. The van der Waals surface area contributed by atoms with Crippen LogP contribution in [0.25, 0.3) is 0 Å². The fraction of sp³-hybridized carbons (Fsp3) is 0.250. The highest BCUT2D eigenvalue weighted by Crippen LogP contribution is 2.35. The maximum atomic E-state index is 12.3. The molecule has 30 heavy (non-hydrogen) atoms. The maximum Gasteiger partial charge on any atom is 0.326 e. The van der Waals surface area contributed by atoms with Gasteiger partial charge in [-0.1, -0.05) is 17.7 Å². The van der Waals surface area contributed by atoms with Crippen LogP contribution in [0.2, 0.25) is 0 Å². The number of hydrogen-bond donors (Lipinski definition) is 1. The molecular formula is C20H19N3O7. The molecular weight excluding hydrogens is 394 g/mol. The highest BCUT2D eigenvalue weighted by atomic mass is 16.6. The summed E-state index contributed by atoms with van der Waals surface area (Å²) in [5, 5.41) is 13.6. The van der Waals surface area contributed by atoms with Crippen molar-refractivity contribution in [2.45, 2.75) is 20.0 Å². The van der Waals surface area contributed by atoms with Gasteiger partial charge in [-0.3, -0.25) is 29.4 Å². The lowest BCUT2D eigenvalue weighted by molar-refractivity contribution is -0.384. The molecule has 10 nitrogen and oxygen atoms in total. The second-order valence-electron chi connectivity index (χ2n) is 6.67. The third-order valence-electron chi connectivity index (χ3n) is 4.38. The van der Waals surface area contributed by atoms with Crippen LogP contribution in [0.3, 0.4) is 0 Å². The number of rotatable bonds is 6. The minimum Gasteiger partial charge on any atom is -0.482 e. The average Bonchev–Trinajstić information content (AvgIpc) is 2.71. The summed E-state index contributed by atoms with van der Waals surface area (Å²) >= 11 is 0. The molecule has 1 N–H and O–H groups in total. The third kappa shape index (κ3) is 4.72. The van der Waals surface area contributed by atoms with E-state index in [1.54, 1.807) is 12.1 Å². The molecule has 0 saturated carbocycles. The van der Waals surface area contributed by atoms with Gasteiger partial charge < -0.3 is 14.8 Å². The smallest absolute Gasteiger partial charge is 0.326 e. The molecule has 0 aliphatic carbocycles. The van der Waals surface area contributed by atoms with Gasteiger partial charge >= 0.3 is 5.97 Å². The van der Waals surface area contributed by atoms with Crippen LogP contribution in [0.1, 0.15) is 12.5 Å². The maximum absolute atomic E-state index is 12.3. The van der Waals surface area contributed by atoms with Crippen molar-refractivity contribution in [2.75, 3.05) is 23.4 Å². The van der Waals surface area contributed by atoms with Crippen LogP contribution in [0.5, 0.6) is 5.75 Å². The van der Waals surface area contributed by atoms with E-state index in [-0.39, 0.29) is 23.7 Å². The topological polar surface area (TPSA) is 128 Å². The Balaban J connectivity index is 1.66. The normalized spacial score (nSPS) is 13.7. The molecule has 0 radical (unpaired) electrons. The lowest BCUT2D eigenvalue weighted by Gasteiger charge is -2.28. The Hall–Kier alpha value is -3.95. The van der Waals surface area contributed by atoms with Gasteiger partial charge in [0.25, 0.3) is 17.5 Å². The second-order valence-corrected chi connectivity index (χ2v) is 6.67. The average molecular weight is 413 g/mol. The fourth-order valence-electron chi connectivity index (χ4n) is 2.78. The summed E-state index contributed by atoms with van der Waals surface area (Å²) in [6, 6.07) is 10.8. The Bertz CT molecular complexity index is 1000. The van der Waals surface area contributed by atoms with Crippen molar-refractivity contribution < 1.29 is 28.8 Å². The number of carbonyl (C=O) groups is 3. The van der Waals surface area contributed by atoms with Crippen molar-refractivity contribution in [1.82, 2.24) is 0 Å². The molecule has 3 rings (SSSR count). The van der Waals surface area contributed by atoms with Crippen molar-refractivity contribution in [3.63, 3.8) is 0 Å². The van der Waals surface area contributed by atoms with Crippen LogP contribution >= 0.6 is 0 Å². The zero-order valence-corrected chi connectivity index (χ0v) is 16.3. The number of fused-ring (bicyclic) bond motifs is 1. The lowest BCUT2D eigenvalue weighted by atomic mass is 10.2. The Morgan fingerprint density at radius 3 is 2.63 bits per heavy atom. The minimum absolute atomic E-state index is 0.0918. The molecule has 0 spiro atoms. The molecule has 1 atom stereocenters. The van der Waals surface area contributed by atoms with Crippen LogP contribution in [0.15, 0.2) is 42.5 Å². The van der Waals surface area contributed by atoms with E-state index in [1.165, 1.54) is 19.1 Å². The van der Waals surface area contributed by atoms with Crippen molar-refractivity contribution >= 4 is 34.8 Å². The number of benzene rings is 2. The Kier molecular flexibility index (Phi) is 5.95. The summed E-state index contributed by atoms with van der Waals surface area (Å²) in [6.07, 6.45) is -1.11. The first-order valence-corrected chi connectivity index (χ1v) is 9.03. The van der Waals surface area contributed by atoms with E-state index < -0.39 is 35.4 Å². The first-order valence-electron chi connectivity index (χ1n) is 9.03. The van der Waals surface area contributed by atoms with Gasteiger partial charge in [-0.2, -0.15) is 0 Å². The molecule has 2 amide bonds. The Labute approximate surface area is 171 Å². The van der Waals surface area contributed by atoms with Gasteiger partial charge in [0.15, 0.2) is 12.7 Å². The highest BCUT2D eigenvalue weighted by Gasteiger charge is 2.30. The molecule has 0 saturated heterocycles. The van der Waals surface area contributed by atoms with Crippen molar-refractivity contribution in [3.05, 3.63) is 58.1 Å². The molecule has 1 aliphatic heterocycles. The second kappa shape index (κ2) is 8.60. The zero-order chi connectivity index (χ0) is 21.8. The summed E-state index contributed by atoms with van der Waals surface area (Å²) in [7, 11) is 0. The first-order chi connectivity index (χ1) is 14.2. The van der Waals surface area contributed by atoms with E-state index in [9.17, 15) is 24.5 Å². The number of nitrogens with zero attached hydrogens (tertiary/aromatic N) is 2. The van der Waals surface area contributed by atoms with Gasteiger partial charge in [0.05, 0.1) is 10.6 Å². The first kappa shape index (κ1) is 20.8. The van der Waals surface area contributed by atoms with Gasteiger partial charge in [-0.05, 0) is 32.0 Å². The van der Waals surface area contributed by atoms with E-state index in [1.807, 2.05) is 19.1 Å². The van der Waals surface area contributed by atoms with Gasteiger partial charge in [-0.25, -0.2) is 0 Å². The molecule has 0 unspecified atom stereocenters. The predicted octanol–water partition coefficient (Wildman–Crippen LogP) is 2.20. The number of nitrogens with one attached hydrogen (secondary N) is 1. The number of carbonyl (C=O) groups excluding carboxylic acids is 3. The lowest BCUT2D eigenvalue weighted by Crippen LogP contribution is -2.43. The third-order valence-corrected chi connectivity index (χ3v) is 4.38. The van der Waals surface area contributed by atoms with Gasteiger partial charge in [0.2, 0.25) is 0 Å². The minimum atomic E-state index is -1.11. The summed E-state index contributed by atoms with van der Waals surface area (Å²) in [4.78, 5) is 48.2. The van der Waals surface area contributed by atoms with E-state index in [0.29, 0.717) is 5.69 Å². The monoisotopic (exact) mass is 413 g/mol. The van der Waals surface area contributed by atoms with Gasteiger partial charge in [0, 0.05) is 17.8 Å². The van der Waals surface area contributed by atoms with Crippen LogP contribution in [-0.2, 0) is 19.1 Å². The van der Waals surface area contributed by atoms with Crippen LogP contribution in [0, 0.1) is 17.0 Å². The van der Waals surface area contributed by atoms with Gasteiger partial charge in [0.1, 0.15) is 12.3 Å². The highest BCUT2D eigenvalue weighted by molar-refractivity contribution is 6.02. The molecule has 1 heterocycles. The molecule has 10 heteroatoms. The van der Waals surface area contributed by atoms with Crippen LogP contribution in [-0.4, -0.2) is 42.0 Å². The summed E-state index contributed by atoms with van der Waals surface area (Å²) in [5.41, 5.74) is 1.42. The number of aryl methyl sites for hydroxylation is 1. The standard InChI is InChI=1S/C20H19N3O7/c1-12-3-5-14(6-4-12)21-20(26)13(2)30-19(25)10-22-16-9-15(23(27)28)7-8-17(16)29-11-18(22)24/h3-9,13H,10-11H2,1-2H3,(H,21,26)/t13-/m1/s1. The van der Waals surface area contributed by atoms with Crippen LogP contribution < -0.4 is 15.0 Å². The molecule has 2 aromatic rings. The van der Waals surface area contributed by atoms with Crippen molar-refractivity contribution in [1.29, 1.82) is 0 Å². The number of nitro benzene ring substituents is 1. The molecule has 0 fully saturated rings. The van der Waals surface area contributed by atoms with E-state index >= 15 is 0 Å². The number of anilines is 2. The largest absolute Gasteiger partial charge is 0.482 e. The predicted molar refractivity (Wildman–Crippen MR) is 106 cm³/mol. The number of hydrogen-bond acceptors (Lipinski definition) is 7. The molecule has 0 bridgehead atoms. The molecule has 1 aliphatic rings. The Morgan fingerprint density at radius 1 is 1.27 bits per heavy atom. The number of non-ortho nitro benzene ring substituents is 1. The van der Waals surface area contributed by atoms with Crippen molar-refractivity contribution in [3.8, 4) is 5.75 Å². The number of amides is 2. The van der Waals surface area contributed by atoms with Crippen LogP contribution in [0.4, 0.5) is 17.1 Å². The molecule has 0 aromatic heterocycles. The molecule has 156 valence electrons. The summed E-state index contributed by atoms with van der Waals surface area (Å²) in [6.45, 7) is 2.48. The van der Waals surface area contributed by atoms with E-state index in [2.05, 4.69) is 5.32 Å². The summed E-state index contributed by atoms with van der Waals surface area (Å²) in [5.74, 6) is -1.69. The number of nitro groups is 1. The van der Waals surface area contributed by atoms with E-state index in [0.717, 1.165) is 16.5 Å². The van der Waals surface area contributed by atoms with Gasteiger partial charge in [-0.15, -0.1) is 0 Å². The fourth-order valence-corrected chi connectivity index (χ4v) is 2.78. The molecule has 2 aromatic carbocycles.